The Morgan fingerprint density at radius 2 is 0.926 bits per heavy atom. The monoisotopic (exact) mass is 712 g/mol. The van der Waals surface area contributed by atoms with Crippen LogP contribution in [-0.4, -0.2) is 30.6 Å². The summed E-state index contributed by atoms with van der Waals surface area (Å²) in [6.07, 6.45) is 1.31. The molecule has 54 heavy (non-hydrogen) atoms. The van der Waals surface area contributed by atoms with Gasteiger partial charge in [0.2, 0.25) is 0 Å². The zero-order chi connectivity index (χ0) is 37.3. The second-order valence-electron chi connectivity index (χ2n) is 14.8. The number of aliphatic hydroxyl groups is 4. The molecule has 0 bridgehead atoms. The molecule has 0 aromatic heterocycles. The van der Waals surface area contributed by atoms with Crippen LogP contribution in [0.1, 0.15) is 52.3 Å². The van der Waals surface area contributed by atoms with Crippen molar-refractivity contribution < 1.29 is 30.6 Å². The molecule has 6 heteroatoms. The number of aryl methyl sites for hydroxylation is 1. The number of aliphatic hydroxyl groups excluding tert-OH is 4. The Bertz CT molecular complexity index is 2580. The average molecular weight is 713 g/mol. The summed E-state index contributed by atoms with van der Waals surface area (Å²) in [6.45, 7) is 0.890. The van der Waals surface area contributed by atoms with E-state index in [1.54, 1.807) is 12.1 Å². The molecule has 0 aliphatic heterocycles. The molecule has 6 nitrogen and oxygen atoms in total. The minimum atomic E-state index is -0.477. The molecule has 0 fully saturated rings. The molecule has 0 saturated heterocycles. The van der Waals surface area contributed by atoms with E-state index >= 15 is 0 Å². The van der Waals surface area contributed by atoms with Crippen LogP contribution in [0.15, 0.2) is 115 Å². The molecule has 7 aromatic carbocycles. The normalized spacial score (nSPS) is 15.1. The maximum Gasteiger partial charge on any atom is 0.126 e. The van der Waals surface area contributed by atoms with Gasteiger partial charge in [-0.15, -0.1) is 0 Å². The van der Waals surface area contributed by atoms with E-state index in [2.05, 4.69) is 97.9 Å². The number of phenols is 2. The summed E-state index contributed by atoms with van der Waals surface area (Å²) in [6, 6.07) is 40.0. The first-order valence-corrected chi connectivity index (χ1v) is 18.4. The standard InChI is InChI=1S/C48H40O6/c1-48(16-15-27-17-31(23-49)46(53)32(18-27)24-50)43-21-28(30-19-33(25-51)47(54)34(20-30)26-52)9-11-38(43)39-12-10-29(22-44(39)48)35-13-14-42-37-6-3-2-5-36(37)41-8-4-7-40(35)45(41)42/h2-14,17-22,49-54H,15-16,23-26H2,1H3. The minimum Gasteiger partial charge on any atom is -0.507 e. The highest BCUT2D eigenvalue weighted by Gasteiger charge is 2.40. The number of benzene rings is 7. The van der Waals surface area contributed by atoms with E-state index in [1.807, 2.05) is 12.1 Å². The van der Waals surface area contributed by atoms with Crippen molar-refractivity contribution in [1.29, 1.82) is 0 Å². The zero-order valence-electron chi connectivity index (χ0n) is 29.9. The Labute approximate surface area is 313 Å². The SMILES string of the molecule is CC1(CCc2cc(CO)c(O)c(CO)c2)c2cc(-c3cc(CO)c(O)c(CO)c3)ccc2-c2ccc(-c3ccc4c5c(cccc35)-c3ccccc3-4)cc21. The van der Waals surface area contributed by atoms with Crippen LogP contribution >= 0.6 is 0 Å². The number of hydrogen-bond acceptors (Lipinski definition) is 6. The van der Waals surface area contributed by atoms with Crippen molar-refractivity contribution in [3.8, 4) is 67.1 Å². The Morgan fingerprint density at radius 1 is 0.444 bits per heavy atom. The quantitative estimate of drug-likeness (QED) is 0.0888. The van der Waals surface area contributed by atoms with E-state index in [9.17, 15) is 30.6 Å². The Morgan fingerprint density at radius 3 is 1.52 bits per heavy atom. The van der Waals surface area contributed by atoms with Gasteiger partial charge < -0.3 is 30.6 Å². The summed E-state index contributed by atoms with van der Waals surface area (Å²) in [5, 5.41) is 63.7. The van der Waals surface area contributed by atoms with Gasteiger partial charge >= 0.3 is 0 Å². The van der Waals surface area contributed by atoms with Crippen molar-refractivity contribution in [3.05, 3.63) is 154 Å². The first-order valence-electron chi connectivity index (χ1n) is 18.4. The van der Waals surface area contributed by atoms with Crippen LogP contribution in [0, 0.1) is 0 Å². The summed E-state index contributed by atoms with van der Waals surface area (Å²) >= 11 is 0. The minimum absolute atomic E-state index is 0.0762. The molecule has 0 heterocycles. The fraction of sp³-hybridized carbons (Fsp3) is 0.167. The molecule has 7 aromatic rings. The topological polar surface area (TPSA) is 121 Å². The van der Waals surface area contributed by atoms with Gasteiger partial charge in [-0.3, -0.25) is 0 Å². The number of rotatable bonds is 9. The lowest BCUT2D eigenvalue weighted by Gasteiger charge is -2.29. The molecule has 9 rings (SSSR count). The fourth-order valence-corrected chi connectivity index (χ4v) is 9.07. The maximum atomic E-state index is 10.6. The van der Waals surface area contributed by atoms with Crippen LogP contribution in [-0.2, 0) is 38.3 Å². The van der Waals surface area contributed by atoms with E-state index in [0.29, 0.717) is 35.1 Å². The molecule has 1 atom stereocenters. The lowest BCUT2D eigenvalue weighted by molar-refractivity contribution is 0.263. The van der Waals surface area contributed by atoms with Crippen LogP contribution in [0.4, 0.5) is 0 Å². The Hall–Kier alpha value is -5.76. The van der Waals surface area contributed by atoms with Gasteiger partial charge in [-0.1, -0.05) is 85.8 Å². The molecule has 2 aliphatic rings. The summed E-state index contributed by atoms with van der Waals surface area (Å²) in [5.41, 5.74) is 15.5. The maximum absolute atomic E-state index is 10.6. The van der Waals surface area contributed by atoms with Crippen molar-refractivity contribution >= 4 is 10.8 Å². The highest BCUT2D eigenvalue weighted by Crippen LogP contribution is 2.54. The highest BCUT2D eigenvalue weighted by atomic mass is 16.3. The van der Waals surface area contributed by atoms with Gasteiger partial charge in [0.1, 0.15) is 11.5 Å². The van der Waals surface area contributed by atoms with E-state index in [4.69, 9.17) is 0 Å². The van der Waals surface area contributed by atoms with Crippen LogP contribution in [0.3, 0.4) is 0 Å². The summed E-state index contributed by atoms with van der Waals surface area (Å²) < 4.78 is 0. The third-order valence-electron chi connectivity index (χ3n) is 11.9. The van der Waals surface area contributed by atoms with Crippen LogP contribution in [0.5, 0.6) is 11.5 Å². The van der Waals surface area contributed by atoms with Gasteiger partial charge in [0.15, 0.2) is 0 Å². The Kier molecular flexibility index (Phi) is 8.18. The molecule has 0 saturated carbocycles. The third kappa shape index (κ3) is 5.10. The zero-order valence-corrected chi connectivity index (χ0v) is 29.9. The lowest BCUT2D eigenvalue weighted by atomic mass is 9.74. The van der Waals surface area contributed by atoms with Crippen molar-refractivity contribution in [1.82, 2.24) is 0 Å². The van der Waals surface area contributed by atoms with Crippen molar-refractivity contribution in [2.45, 2.75) is 51.6 Å². The van der Waals surface area contributed by atoms with Crippen LogP contribution < -0.4 is 0 Å². The molecular formula is C48H40O6. The number of fused-ring (bicyclic) bond motifs is 6. The van der Waals surface area contributed by atoms with E-state index < -0.39 is 5.41 Å². The van der Waals surface area contributed by atoms with E-state index in [1.165, 1.54) is 44.2 Å². The van der Waals surface area contributed by atoms with Gasteiger partial charge in [-0.2, -0.15) is 0 Å². The number of aromatic hydroxyl groups is 2. The van der Waals surface area contributed by atoms with Crippen LogP contribution in [0.2, 0.25) is 0 Å². The molecule has 0 radical (unpaired) electrons. The van der Waals surface area contributed by atoms with E-state index in [0.717, 1.165) is 38.9 Å². The van der Waals surface area contributed by atoms with Crippen molar-refractivity contribution in [2.75, 3.05) is 0 Å². The average Bonchev–Trinajstić information content (AvgIpc) is 3.67. The first-order chi connectivity index (χ1) is 26.3. The second kappa shape index (κ2) is 13.0. The molecule has 2 aliphatic carbocycles. The van der Waals surface area contributed by atoms with Gasteiger partial charge in [0.25, 0.3) is 0 Å². The first kappa shape index (κ1) is 34.0. The largest absolute Gasteiger partial charge is 0.507 e. The number of hydrogen-bond donors (Lipinski definition) is 6. The van der Waals surface area contributed by atoms with Crippen LogP contribution in [0.25, 0.3) is 66.4 Å². The van der Waals surface area contributed by atoms with Crippen molar-refractivity contribution in [2.24, 2.45) is 0 Å². The molecule has 6 N–H and O–H groups in total. The molecule has 268 valence electrons. The Balaban J connectivity index is 1.20. The molecule has 0 spiro atoms. The third-order valence-corrected chi connectivity index (χ3v) is 11.9. The van der Waals surface area contributed by atoms with E-state index in [-0.39, 0.29) is 37.9 Å². The molecule has 1 unspecified atom stereocenters. The summed E-state index contributed by atoms with van der Waals surface area (Å²) in [7, 11) is 0. The van der Waals surface area contributed by atoms with Gasteiger partial charge in [-0.25, -0.2) is 0 Å². The fourth-order valence-electron chi connectivity index (χ4n) is 9.07. The summed E-state index contributed by atoms with van der Waals surface area (Å²) in [5.74, 6) is -0.173. The second-order valence-corrected chi connectivity index (χ2v) is 14.8. The van der Waals surface area contributed by atoms with Gasteiger partial charge in [0.05, 0.1) is 26.4 Å². The molecular weight excluding hydrogens is 673 g/mol. The smallest absolute Gasteiger partial charge is 0.126 e. The van der Waals surface area contributed by atoms with Gasteiger partial charge in [-0.05, 0) is 132 Å². The highest BCUT2D eigenvalue weighted by molar-refractivity contribution is 6.18. The lowest BCUT2D eigenvalue weighted by Crippen LogP contribution is -2.22. The molecule has 0 amide bonds. The predicted molar refractivity (Wildman–Crippen MR) is 213 cm³/mol. The van der Waals surface area contributed by atoms with Crippen molar-refractivity contribution in [3.63, 3.8) is 0 Å². The predicted octanol–water partition coefficient (Wildman–Crippen LogP) is 9.12. The summed E-state index contributed by atoms with van der Waals surface area (Å²) in [4.78, 5) is 0. The van der Waals surface area contributed by atoms with Gasteiger partial charge in [0, 0.05) is 27.7 Å².